The third-order valence-corrected chi connectivity index (χ3v) is 4.50. The second-order valence-corrected chi connectivity index (χ2v) is 6.13. The highest BCUT2D eigenvalue weighted by Gasteiger charge is 2.19. The van der Waals surface area contributed by atoms with Crippen LogP contribution in [-0.2, 0) is 11.2 Å². The molecule has 106 valence electrons. The van der Waals surface area contributed by atoms with Crippen molar-refractivity contribution in [1.82, 2.24) is 15.5 Å². The fraction of sp³-hybridized carbons (Fsp3) is 0.643. The number of piperidine rings is 1. The standard InChI is InChI=1S/C14H23N3OS/c1-17(12-4-2-7-15-10-12)11-14(18)16-8-6-13-5-3-9-19-13/h3,5,9,12,15H,2,4,6-8,10-11H2,1H3,(H,16,18). The van der Waals surface area contributed by atoms with Gasteiger partial charge in [-0.1, -0.05) is 6.07 Å². The lowest BCUT2D eigenvalue weighted by atomic mass is 10.1. The molecule has 1 aromatic rings. The lowest BCUT2D eigenvalue weighted by Crippen LogP contribution is -2.47. The zero-order chi connectivity index (χ0) is 13.5. The molecule has 5 heteroatoms. The van der Waals surface area contributed by atoms with Crippen molar-refractivity contribution in [2.45, 2.75) is 25.3 Å². The predicted octanol–water partition coefficient (Wildman–Crippen LogP) is 1.09. The molecule has 19 heavy (non-hydrogen) atoms. The first-order valence-electron chi connectivity index (χ1n) is 6.96. The van der Waals surface area contributed by atoms with Crippen LogP contribution in [0.15, 0.2) is 17.5 Å². The van der Waals surface area contributed by atoms with E-state index in [1.54, 1.807) is 11.3 Å². The fourth-order valence-corrected chi connectivity index (χ4v) is 3.11. The van der Waals surface area contributed by atoms with E-state index in [0.29, 0.717) is 12.6 Å². The summed E-state index contributed by atoms with van der Waals surface area (Å²) in [6.07, 6.45) is 3.32. The molecule has 1 aliphatic rings. The molecule has 0 radical (unpaired) electrons. The molecule has 2 rings (SSSR count). The number of carbonyl (C=O) groups excluding carboxylic acids is 1. The molecule has 1 aliphatic heterocycles. The van der Waals surface area contributed by atoms with Crippen LogP contribution in [0.1, 0.15) is 17.7 Å². The molecule has 0 bridgehead atoms. The molecule has 0 aromatic carbocycles. The maximum atomic E-state index is 11.9. The molecular weight excluding hydrogens is 258 g/mol. The van der Waals surface area contributed by atoms with Crippen molar-refractivity contribution in [2.24, 2.45) is 0 Å². The highest BCUT2D eigenvalue weighted by molar-refractivity contribution is 7.09. The number of hydrogen-bond acceptors (Lipinski definition) is 4. The van der Waals surface area contributed by atoms with Gasteiger partial charge < -0.3 is 10.6 Å². The van der Waals surface area contributed by atoms with Crippen LogP contribution in [-0.4, -0.2) is 50.1 Å². The number of nitrogens with zero attached hydrogens (tertiary/aromatic N) is 1. The van der Waals surface area contributed by atoms with Gasteiger partial charge in [0, 0.05) is 24.0 Å². The van der Waals surface area contributed by atoms with Gasteiger partial charge in [0.2, 0.25) is 5.91 Å². The monoisotopic (exact) mass is 281 g/mol. The summed E-state index contributed by atoms with van der Waals surface area (Å²) < 4.78 is 0. The smallest absolute Gasteiger partial charge is 0.234 e. The normalized spacial score (nSPS) is 19.6. The van der Waals surface area contributed by atoms with Crippen LogP contribution in [0.3, 0.4) is 0 Å². The van der Waals surface area contributed by atoms with Gasteiger partial charge in [-0.3, -0.25) is 9.69 Å². The van der Waals surface area contributed by atoms with Gasteiger partial charge in [0.25, 0.3) is 0 Å². The second-order valence-electron chi connectivity index (χ2n) is 5.09. The zero-order valence-electron chi connectivity index (χ0n) is 11.5. The van der Waals surface area contributed by atoms with Crippen LogP contribution in [0.5, 0.6) is 0 Å². The Morgan fingerprint density at radius 3 is 3.21 bits per heavy atom. The largest absolute Gasteiger partial charge is 0.355 e. The van der Waals surface area contributed by atoms with Crippen molar-refractivity contribution in [3.63, 3.8) is 0 Å². The Labute approximate surface area is 119 Å². The van der Waals surface area contributed by atoms with Crippen molar-refractivity contribution in [1.29, 1.82) is 0 Å². The van der Waals surface area contributed by atoms with Crippen LogP contribution >= 0.6 is 11.3 Å². The van der Waals surface area contributed by atoms with Gasteiger partial charge >= 0.3 is 0 Å². The number of likely N-dealkylation sites (N-methyl/N-ethyl adjacent to an activating group) is 1. The summed E-state index contributed by atoms with van der Waals surface area (Å²) in [6.45, 7) is 3.34. The maximum absolute atomic E-state index is 11.9. The lowest BCUT2D eigenvalue weighted by molar-refractivity contribution is -0.122. The maximum Gasteiger partial charge on any atom is 0.234 e. The third kappa shape index (κ3) is 4.93. The number of thiophene rings is 1. The third-order valence-electron chi connectivity index (χ3n) is 3.56. The van der Waals surface area contributed by atoms with Gasteiger partial charge in [-0.2, -0.15) is 0 Å². The first-order valence-corrected chi connectivity index (χ1v) is 7.83. The van der Waals surface area contributed by atoms with Crippen molar-refractivity contribution in [3.8, 4) is 0 Å². The molecule has 1 amide bonds. The number of hydrogen-bond donors (Lipinski definition) is 2. The first kappa shape index (κ1) is 14.5. The van der Waals surface area contributed by atoms with E-state index in [4.69, 9.17) is 0 Å². The molecule has 1 unspecified atom stereocenters. The van der Waals surface area contributed by atoms with E-state index in [-0.39, 0.29) is 5.91 Å². The van der Waals surface area contributed by atoms with Gasteiger partial charge in [-0.25, -0.2) is 0 Å². The van der Waals surface area contributed by atoms with E-state index in [1.807, 2.05) is 13.1 Å². The van der Waals surface area contributed by atoms with Crippen LogP contribution in [0.4, 0.5) is 0 Å². The molecule has 0 aliphatic carbocycles. The minimum atomic E-state index is 0.129. The summed E-state index contributed by atoms with van der Waals surface area (Å²) in [5, 5.41) is 8.45. The molecular formula is C14H23N3OS. The van der Waals surface area contributed by atoms with Gasteiger partial charge in [-0.05, 0) is 44.3 Å². The summed E-state index contributed by atoms with van der Waals surface area (Å²) in [4.78, 5) is 15.3. The minimum absolute atomic E-state index is 0.129. The van der Waals surface area contributed by atoms with Crippen LogP contribution in [0.25, 0.3) is 0 Å². The average Bonchev–Trinajstić information content (AvgIpc) is 2.93. The average molecular weight is 281 g/mol. The lowest BCUT2D eigenvalue weighted by Gasteiger charge is -2.31. The topological polar surface area (TPSA) is 44.4 Å². The number of carbonyl (C=O) groups is 1. The highest BCUT2D eigenvalue weighted by Crippen LogP contribution is 2.09. The summed E-state index contributed by atoms with van der Waals surface area (Å²) in [7, 11) is 2.04. The number of rotatable bonds is 6. The summed E-state index contributed by atoms with van der Waals surface area (Å²) >= 11 is 1.74. The molecule has 1 aromatic heterocycles. The Balaban J connectivity index is 1.63. The van der Waals surface area contributed by atoms with Crippen molar-refractivity contribution in [2.75, 3.05) is 33.2 Å². The SMILES string of the molecule is CN(CC(=O)NCCc1cccs1)C1CCCNC1. The number of nitrogens with one attached hydrogen (secondary N) is 2. The number of amides is 1. The van der Waals surface area contributed by atoms with Gasteiger partial charge in [-0.15, -0.1) is 11.3 Å². The summed E-state index contributed by atoms with van der Waals surface area (Å²) in [5.74, 6) is 0.129. The van der Waals surface area contributed by atoms with Crippen molar-refractivity contribution >= 4 is 17.2 Å². The Hall–Kier alpha value is -0.910. The Morgan fingerprint density at radius 2 is 2.53 bits per heavy atom. The van der Waals surface area contributed by atoms with Crippen LogP contribution in [0, 0.1) is 0 Å². The Bertz CT molecular complexity index is 374. The summed E-state index contributed by atoms with van der Waals surface area (Å²) in [5.41, 5.74) is 0. The van der Waals surface area contributed by atoms with E-state index in [2.05, 4.69) is 27.0 Å². The molecule has 4 nitrogen and oxygen atoms in total. The van der Waals surface area contributed by atoms with Gasteiger partial charge in [0.05, 0.1) is 6.54 Å². The first-order chi connectivity index (χ1) is 9.25. The minimum Gasteiger partial charge on any atom is -0.355 e. The molecule has 0 spiro atoms. The Kier molecular flexibility index (Phi) is 5.82. The van der Waals surface area contributed by atoms with Crippen molar-refractivity contribution in [3.05, 3.63) is 22.4 Å². The van der Waals surface area contributed by atoms with Crippen LogP contribution < -0.4 is 10.6 Å². The van der Waals surface area contributed by atoms with E-state index in [0.717, 1.165) is 26.1 Å². The van der Waals surface area contributed by atoms with E-state index >= 15 is 0 Å². The van der Waals surface area contributed by atoms with E-state index in [1.165, 1.54) is 17.7 Å². The molecule has 1 saturated heterocycles. The van der Waals surface area contributed by atoms with Gasteiger partial charge in [0.15, 0.2) is 0 Å². The molecule has 2 N–H and O–H groups in total. The van der Waals surface area contributed by atoms with E-state index in [9.17, 15) is 4.79 Å². The zero-order valence-corrected chi connectivity index (χ0v) is 12.3. The quantitative estimate of drug-likeness (QED) is 0.820. The molecule has 1 atom stereocenters. The molecule has 1 fully saturated rings. The highest BCUT2D eigenvalue weighted by atomic mass is 32.1. The van der Waals surface area contributed by atoms with Gasteiger partial charge in [0.1, 0.15) is 0 Å². The second kappa shape index (κ2) is 7.62. The molecule has 2 heterocycles. The van der Waals surface area contributed by atoms with Crippen molar-refractivity contribution < 1.29 is 4.79 Å². The predicted molar refractivity (Wildman–Crippen MR) is 79.6 cm³/mol. The van der Waals surface area contributed by atoms with Crippen LogP contribution in [0.2, 0.25) is 0 Å². The fourth-order valence-electron chi connectivity index (χ4n) is 2.40. The van der Waals surface area contributed by atoms with E-state index < -0.39 is 0 Å². The Morgan fingerprint density at radius 1 is 1.63 bits per heavy atom. The summed E-state index contributed by atoms with van der Waals surface area (Å²) in [6, 6.07) is 4.65. The molecule has 0 saturated carbocycles.